The zero-order valence-electron chi connectivity index (χ0n) is 10.9. The van der Waals surface area contributed by atoms with Crippen LogP contribution in [-0.4, -0.2) is 23.5 Å². The molecule has 0 atom stereocenters. The van der Waals surface area contributed by atoms with Gasteiger partial charge in [0.1, 0.15) is 5.82 Å². The van der Waals surface area contributed by atoms with Crippen molar-refractivity contribution in [2.45, 2.75) is 6.42 Å². The van der Waals surface area contributed by atoms with Crippen molar-refractivity contribution in [3.05, 3.63) is 44.6 Å². The number of thiophene rings is 1. The summed E-state index contributed by atoms with van der Waals surface area (Å²) in [6, 6.07) is 6.91. The van der Waals surface area contributed by atoms with Gasteiger partial charge in [-0.05, 0) is 23.9 Å². The number of nitrogen functional groups attached to an aromatic ring is 1. The molecule has 0 amide bonds. The molecule has 0 aliphatic rings. The molecule has 0 radical (unpaired) electrons. The maximum atomic E-state index is 11.0. The number of hydrazine groups is 1. The third-order valence-corrected chi connectivity index (χ3v) is 3.77. The van der Waals surface area contributed by atoms with Crippen molar-refractivity contribution in [2.75, 3.05) is 23.9 Å². The Bertz CT molecular complexity index is 588. The number of rotatable bonds is 6. The Hall–Kier alpha value is -2.19. The van der Waals surface area contributed by atoms with Crippen LogP contribution in [0, 0.1) is 10.1 Å². The van der Waals surface area contributed by atoms with Gasteiger partial charge in [-0.25, -0.2) is 10.8 Å². The van der Waals surface area contributed by atoms with E-state index in [1.165, 1.54) is 17.0 Å². The minimum absolute atomic E-state index is 0.0299. The number of hydrogen-bond donors (Lipinski definition) is 2. The van der Waals surface area contributed by atoms with E-state index in [1.807, 2.05) is 17.5 Å². The lowest BCUT2D eigenvalue weighted by Crippen LogP contribution is -2.23. The number of likely N-dealkylation sites (N-methyl/N-ethyl adjacent to an activating group) is 1. The van der Waals surface area contributed by atoms with E-state index >= 15 is 0 Å². The molecule has 2 heterocycles. The standard InChI is InChI=1S/C12H15N5O2S/c1-16(7-6-9-3-2-8-20-9)12-10(17(18)19)4-5-11(14-12)15-13/h2-5,8H,6-7,13H2,1H3,(H,14,15). The van der Waals surface area contributed by atoms with Crippen LogP contribution in [0.25, 0.3) is 0 Å². The van der Waals surface area contributed by atoms with Gasteiger partial charge in [0.15, 0.2) is 0 Å². The number of nitrogens with two attached hydrogens (primary N) is 1. The molecule has 0 saturated heterocycles. The van der Waals surface area contributed by atoms with Gasteiger partial charge in [0, 0.05) is 24.5 Å². The molecule has 106 valence electrons. The summed E-state index contributed by atoms with van der Waals surface area (Å²) in [5.41, 5.74) is 2.37. The summed E-state index contributed by atoms with van der Waals surface area (Å²) in [7, 11) is 1.78. The second kappa shape index (κ2) is 6.31. The first kappa shape index (κ1) is 14.2. The van der Waals surface area contributed by atoms with Crippen molar-refractivity contribution in [2.24, 2.45) is 5.84 Å². The topological polar surface area (TPSA) is 97.3 Å². The largest absolute Gasteiger partial charge is 0.354 e. The molecule has 0 aliphatic carbocycles. The van der Waals surface area contributed by atoms with E-state index in [4.69, 9.17) is 5.84 Å². The number of aromatic nitrogens is 1. The third-order valence-electron chi connectivity index (χ3n) is 2.83. The van der Waals surface area contributed by atoms with Gasteiger partial charge in [0.2, 0.25) is 5.82 Å². The van der Waals surface area contributed by atoms with E-state index in [9.17, 15) is 10.1 Å². The molecule has 2 aromatic rings. The van der Waals surface area contributed by atoms with Gasteiger partial charge in [0.05, 0.1) is 4.92 Å². The number of pyridine rings is 1. The fraction of sp³-hybridized carbons (Fsp3) is 0.250. The van der Waals surface area contributed by atoms with Gasteiger partial charge in [-0.2, -0.15) is 0 Å². The van der Waals surface area contributed by atoms with Gasteiger partial charge < -0.3 is 10.3 Å². The van der Waals surface area contributed by atoms with Crippen LogP contribution in [0.4, 0.5) is 17.3 Å². The SMILES string of the molecule is CN(CCc1cccs1)c1nc(NN)ccc1[N+](=O)[O-]. The minimum atomic E-state index is -0.440. The van der Waals surface area contributed by atoms with E-state index in [-0.39, 0.29) is 5.69 Å². The number of nitrogens with zero attached hydrogens (tertiary/aromatic N) is 3. The van der Waals surface area contributed by atoms with Gasteiger partial charge in [-0.1, -0.05) is 6.07 Å². The Kier molecular flexibility index (Phi) is 4.49. The predicted molar refractivity (Wildman–Crippen MR) is 80.0 cm³/mol. The first-order valence-corrected chi connectivity index (χ1v) is 6.85. The van der Waals surface area contributed by atoms with E-state index in [2.05, 4.69) is 10.4 Å². The summed E-state index contributed by atoms with van der Waals surface area (Å²) >= 11 is 1.66. The maximum Gasteiger partial charge on any atom is 0.311 e. The van der Waals surface area contributed by atoms with E-state index in [1.54, 1.807) is 23.3 Å². The van der Waals surface area contributed by atoms with Crippen LogP contribution in [0.3, 0.4) is 0 Å². The predicted octanol–water partition coefficient (Wildman–Crippen LogP) is 2.02. The zero-order valence-corrected chi connectivity index (χ0v) is 11.8. The first-order valence-electron chi connectivity index (χ1n) is 5.97. The third kappa shape index (κ3) is 3.22. The van der Waals surface area contributed by atoms with Crippen molar-refractivity contribution in [1.29, 1.82) is 0 Å². The molecule has 0 fully saturated rings. The van der Waals surface area contributed by atoms with Gasteiger partial charge in [-0.3, -0.25) is 10.1 Å². The lowest BCUT2D eigenvalue weighted by atomic mass is 10.3. The molecular formula is C12H15N5O2S. The highest BCUT2D eigenvalue weighted by Crippen LogP contribution is 2.26. The van der Waals surface area contributed by atoms with Crippen molar-refractivity contribution >= 4 is 28.7 Å². The number of nitrogens with one attached hydrogen (secondary N) is 1. The molecule has 0 unspecified atom stereocenters. The smallest absolute Gasteiger partial charge is 0.311 e. The van der Waals surface area contributed by atoms with Gasteiger partial charge in [-0.15, -0.1) is 11.3 Å². The monoisotopic (exact) mass is 293 g/mol. The number of nitro groups is 1. The first-order chi connectivity index (χ1) is 9.61. The Morgan fingerprint density at radius 1 is 1.50 bits per heavy atom. The van der Waals surface area contributed by atoms with Crippen molar-refractivity contribution in [3.8, 4) is 0 Å². The summed E-state index contributed by atoms with van der Waals surface area (Å²) in [6.07, 6.45) is 0.813. The van der Waals surface area contributed by atoms with Crippen molar-refractivity contribution in [3.63, 3.8) is 0 Å². The highest BCUT2D eigenvalue weighted by atomic mass is 32.1. The van der Waals surface area contributed by atoms with Crippen LogP contribution in [0.5, 0.6) is 0 Å². The molecule has 0 bridgehead atoms. The van der Waals surface area contributed by atoms with Crippen molar-refractivity contribution < 1.29 is 4.92 Å². The van der Waals surface area contributed by atoms with Crippen LogP contribution >= 0.6 is 11.3 Å². The minimum Gasteiger partial charge on any atom is -0.354 e. The molecular weight excluding hydrogens is 278 g/mol. The second-order valence-electron chi connectivity index (χ2n) is 4.19. The van der Waals surface area contributed by atoms with E-state index < -0.39 is 4.92 Å². The molecule has 0 aliphatic heterocycles. The van der Waals surface area contributed by atoms with Gasteiger partial charge in [0.25, 0.3) is 0 Å². The molecule has 0 spiro atoms. The molecule has 7 nitrogen and oxygen atoms in total. The van der Waals surface area contributed by atoms with E-state index in [0.717, 1.165) is 6.42 Å². The zero-order chi connectivity index (χ0) is 14.5. The average Bonchev–Trinajstić information content (AvgIpc) is 2.97. The Morgan fingerprint density at radius 3 is 2.90 bits per heavy atom. The quantitative estimate of drug-likeness (QED) is 0.480. The lowest BCUT2D eigenvalue weighted by Gasteiger charge is -2.18. The molecule has 2 rings (SSSR count). The molecule has 2 aromatic heterocycles. The lowest BCUT2D eigenvalue weighted by molar-refractivity contribution is -0.384. The highest BCUT2D eigenvalue weighted by Gasteiger charge is 2.19. The van der Waals surface area contributed by atoms with Crippen LogP contribution in [0.1, 0.15) is 4.88 Å². The van der Waals surface area contributed by atoms with Crippen LogP contribution in [0.15, 0.2) is 29.6 Å². The number of hydrogen-bond acceptors (Lipinski definition) is 7. The summed E-state index contributed by atoms with van der Waals surface area (Å²) in [5.74, 6) is 6.00. The molecule has 8 heteroatoms. The molecule has 0 aromatic carbocycles. The maximum absolute atomic E-state index is 11.0. The summed E-state index contributed by atoms with van der Waals surface area (Å²) in [4.78, 5) is 17.8. The highest BCUT2D eigenvalue weighted by molar-refractivity contribution is 7.09. The Labute approximate surface area is 120 Å². The van der Waals surface area contributed by atoms with E-state index in [0.29, 0.717) is 18.2 Å². The van der Waals surface area contributed by atoms with Crippen LogP contribution < -0.4 is 16.2 Å². The molecule has 3 N–H and O–H groups in total. The number of anilines is 2. The molecule has 20 heavy (non-hydrogen) atoms. The van der Waals surface area contributed by atoms with Crippen LogP contribution in [-0.2, 0) is 6.42 Å². The average molecular weight is 293 g/mol. The Balaban J connectivity index is 2.18. The fourth-order valence-electron chi connectivity index (χ4n) is 1.78. The Morgan fingerprint density at radius 2 is 2.30 bits per heavy atom. The normalized spacial score (nSPS) is 10.3. The fourth-order valence-corrected chi connectivity index (χ4v) is 2.48. The second-order valence-corrected chi connectivity index (χ2v) is 5.22. The van der Waals surface area contributed by atoms with Crippen LogP contribution in [0.2, 0.25) is 0 Å². The summed E-state index contributed by atoms with van der Waals surface area (Å²) < 4.78 is 0. The van der Waals surface area contributed by atoms with Gasteiger partial charge >= 0.3 is 5.69 Å². The molecule has 0 saturated carbocycles. The van der Waals surface area contributed by atoms with Crippen molar-refractivity contribution in [1.82, 2.24) is 4.98 Å². The summed E-state index contributed by atoms with van der Waals surface area (Å²) in [5, 5.41) is 13.1. The summed E-state index contributed by atoms with van der Waals surface area (Å²) in [6.45, 7) is 0.641.